The van der Waals surface area contributed by atoms with Crippen LogP contribution < -0.4 is 5.32 Å². The van der Waals surface area contributed by atoms with Crippen LogP contribution in [0.15, 0.2) is 24.5 Å². The van der Waals surface area contributed by atoms with E-state index in [2.05, 4.69) is 29.0 Å². The minimum absolute atomic E-state index is 0.0281. The number of likely N-dealkylation sites (tertiary alicyclic amines) is 1. The first-order valence-electron chi connectivity index (χ1n) is 8.17. The van der Waals surface area contributed by atoms with Crippen LogP contribution >= 0.6 is 0 Å². The topological polar surface area (TPSA) is 54.5 Å². The second-order valence-electron chi connectivity index (χ2n) is 6.59. The zero-order valence-corrected chi connectivity index (χ0v) is 13.4. The van der Waals surface area contributed by atoms with Gasteiger partial charge in [-0.2, -0.15) is 0 Å². The van der Waals surface area contributed by atoms with Crippen molar-refractivity contribution in [1.82, 2.24) is 15.2 Å². The highest BCUT2D eigenvalue weighted by Gasteiger charge is 2.44. The fraction of sp³-hybridized carbons (Fsp3) is 0.647. The Hall–Kier alpha value is -1.46. The highest BCUT2D eigenvalue weighted by atomic mass is 16.5. The number of nitrogens with one attached hydrogen (secondary N) is 1. The first-order valence-corrected chi connectivity index (χ1v) is 8.17. The largest absolute Gasteiger partial charge is 0.377 e. The van der Waals surface area contributed by atoms with Crippen LogP contribution in [0.5, 0.6) is 0 Å². The number of hydrogen-bond acceptors (Lipinski definition) is 4. The molecule has 2 aliphatic heterocycles. The average Bonchev–Trinajstić information content (AvgIpc) is 3.01. The number of nitrogens with zero attached hydrogens (tertiary/aromatic N) is 2. The van der Waals surface area contributed by atoms with Gasteiger partial charge >= 0.3 is 0 Å². The van der Waals surface area contributed by atoms with E-state index in [9.17, 15) is 4.79 Å². The molecule has 2 fully saturated rings. The van der Waals surface area contributed by atoms with Crippen molar-refractivity contribution < 1.29 is 9.53 Å². The molecule has 0 aromatic carbocycles. The van der Waals surface area contributed by atoms with E-state index in [1.165, 1.54) is 0 Å². The Bertz CT molecular complexity index is 506. The van der Waals surface area contributed by atoms with Gasteiger partial charge in [0.25, 0.3) is 0 Å². The Balaban J connectivity index is 1.64. The van der Waals surface area contributed by atoms with Crippen LogP contribution in [0, 0.1) is 11.8 Å². The molecule has 5 heteroatoms. The summed E-state index contributed by atoms with van der Waals surface area (Å²) in [5.41, 5.74) is 1.03. The van der Waals surface area contributed by atoms with Crippen LogP contribution in [-0.2, 0) is 16.1 Å². The number of rotatable bonds is 4. The maximum absolute atomic E-state index is 12.7. The molecule has 1 amide bonds. The monoisotopic (exact) mass is 303 g/mol. The van der Waals surface area contributed by atoms with Gasteiger partial charge in [-0.3, -0.25) is 14.7 Å². The molecule has 0 unspecified atom stereocenters. The third-order valence-electron chi connectivity index (χ3n) is 4.88. The van der Waals surface area contributed by atoms with E-state index in [4.69, 9.17) is 4.74 Å². The number of ether oxygens (including phenoxy) is 1. The third kappa shape index (κ3) is 3.31. The SMILES string of the molecule is CC(C)N1C[C@@H]2OCC[C@@H]2[C@H](C(=O)NCc2cccnc2)C1. The van der Waals surface area contributed by atoms with Gasteiger partial charge in [0.2, 0.25) is 5.91 Å². The standard InChI is InChI=1S/C17H25N3O2/c1-12(2)20-10-15(14-5-7-22-16(14)11-20)17(21)19-9-13-4-3-6-18-8-13/h3-4,6,8,12,14-16H,5,7,9-11H2,1-2H3,(H,19,21)/t14-,15-,16+/m1/s1. The molecule has 5 nitrogen and oxygen atoms in total. The molecule has 0 spiro atoms. The zero-order valence-electron chi connectivity index (χ0n) is 13.4. The Kier molecular flexibility index (Phi) is 4.74. The van der Waals surface area contributed by atoms with Gasteiger partial charge in [0.1, 0.15) is 0 Å². The molecule has 2 aliphatic rings. The molecule has 3 heterocycles. The fourth-order valence-corrected chi connectivity index (χ4v) is 3.53. The van der Waals surface area contributed by atoms with Crippen LogP contribution in [0.2, 0.25) is 0 Å². The summed E-state index contributed by atoms with van der Waals surface area (Å²) in [4.78, 5) is 19.1. The lowest BCUT2D eigenvalue weighted by molar-refractivity contribution is -0.131. The average molecular weight is 303 g/mol. The van der Waals surface area contributed by atoms with Gasteiger partial charge in [0.15, 0.2) is 0 Å². The van der Waals surface area contributed by atoms with E-state index in [1.54, 1.807) is 12.4 Å². The van der Waals surface area contributed by atoms with Crippen molar-refractivity contribution in [3.8, 4) is 0 Å². The summed E-state index contributed by atoms with van der Waals surface area (Å²) in [7, 11) is 0. The van der Waals surface area contributed by atoms with Crippen LogP contribution in [0.25, 0.3) is 0 Å². The number of amides is 1. The molecule has 3 rings (SSSR count). The van der Waals surface area contributed by atoms with Gasteiger partial charge in [-0.1, -0.05) is 6.07 Å². The smallest absolute Gasteiger partial charge is 0.225 e. The van der Waals surface area contributed by atoms with E-state index in [0.29, 0.717) is 18.5 Å². The van der Waals surface area contributed by atoms with Crippen LogP contribution in [0.1, 0.15) is 25.8 Å². The fourth-order valence-electron chi connectivity index (χ4n) is 3.53. The maximum Gasteiger partial charge on any atom is 0.225 e. The first kappa shape index (κ1) is 15.4. The Morgan fingerprint density at radius 1 is 1.50 bits per heavy atom. The number of aromatic nitrogens is 1. The van der Waals surface area contributed by atoms with Gasteiger partial charge in [-0.25, -0.2) is 0 Å². The van der Waals surface area contributed by atoms with Crippen molar-refractivity contribution in [2.24, 2.45) is 11.8 Å². The summed E-state index contributed by atoms with van der Waals surface area (Å²) in [6.07, 6.45) is 4.75. The van der Waals surface area contributed by atoms with E-state index in [0.717, 1.165) is 31.7 Å². The summed E-state index contributed by atoms with van der Waals surface area (Å²) in [5, 5.41) is 3.08. The van der Waals surface area contributed by atoms with Gasteiger partial charge in [0, 0.05) is 50.6 Å². The third-order valence-corrected chi connectivity index (χ3v) is 4.88. The summed E-state index contributed by atoms with van der Waals surface area (Å²) in [6, 6.07) is 4.32. The minimum Gasteiger partial charge on any atom is -0.377 e. The molecule has 1 N–H and O–H groups in total. The molecular weight excluding hydrogens is 278 g/mol. The molecule has 120 valence electrons. The summed E-state index contributed by atoms with van der Waals surface area (Å²) in [6.45, 7) is 7.48. The second-order valence-corrected chi connectivity index (χ2v) is 6.59. The molecule has 22 heavy (non-hydrogen) atoms. The molecule has 0 aliphatic carbocycles. The summed E-state index contributed by atoms with van der Waals surface area (Å²) < 4.78 is 5.85. The van der Waals surface area contributed by atoms with E-state index < -0.39 is 0 Å². The van der Waals surface area contributed by atoms with E-state index >= 15 is 0 Å². The van der Waals surface area contributed by atoms with Crippen molar-refractivity contribution in [3.63, 3.8) is 0 Å². The van der Waals surface area contributed by atoms with Crippen LogP contribution in [0.3, 0.4) is 0 Å². The maximum atomic E-state index is 12.7. The molecule has 0 saturated carbocycles. The molecule has 3 atom stereocenters. The van der Waals surface area contributed by atoms with Crippen molar-refractivity contribution in [1.29, 1.82) is 0 Å². The predicted octanol–water partition coefficient (Wildman–Crippen LogP) is 1.44. The molecule has 0 bridgehead atoms. The van der Waals surface area contributed by atoms with Gasteiger partial charge in [0.05, 0.1) is 12.0 Å². The van der Waals surface area contributed by atoms with Crippen molar-refractivity contribution in [3.05, 3.63) is 30.1 Å². The van der Waals surface area contributed by atoms with E-state index in [-0.39, 0.29) is 17.9 Å². The van der Waals surface area contributed by atoms with Crippen molar-refractivity contribution in [2.45, 2.75) is 39.0 Å². The Morgan fingerprint density at radius 2 is 2.36 bits per heavy atom. The quantitative estimate of drug-likeness (QED) is 0.914. The first-order chi connectivity index (χ1) is 10.6. The molecule has 0 radical (unpaired) electrons. The highest BCUT2D eigenvalue weighted by molar-refractivity contribution is 5.79. The van der Waals surface area contributed by atoms with Crippen LogP contribution in [0.4, 0.5) is 0 Å². The lowest BCUT2D eigenvalue weighted by Crippen LogP contribution is -2.54. The number of piperidine rings is 1. The Labute approximate surface area is 132 Å². The van der Waals surface area contributed by atoms with Crippen molar-refractivity contribution >= 4 is 5.91 Å². The number of carbonyl (C=O) groups is 1. The Morgan fingerprint density at radius 3 is 3.09 bits per heavy atom. The lowest BCUT2D eigenvalue weighted by atomic mass is 9.81. The molecule has 1 aromatic rings. The van der Waals surface area contributed by atoms with Crippen molar-refractivity contribution in [2.75, 3.05) is 19.7 Å². The summed E-state index contributed by atoms with van der Waals surface area (Å²) >= 11 is 0. The number of hydrogen-bond donors (Lipinski definition) is 1. The van der Waals surface area contributed by atoms with Crippen LogP contribution in [-0.4, -0.2) is 47.6 Å². The number of fused-ring (bicyclic) bond motifs is 1. The molecule has 2 saturated heterocycles. The molecular formula is C17H25N3O2. The van der Waals surface area contributed by atoms with Gasteiger partial charge < -0.3 is 10.1 Å². The molecule has 1 aromatic heterocycles. The zero-order chi connectivity index (χ0) is 15.5. The van der Waals surface area contributed by atoms with Gasteiger partial charge in [-0.15, -0.1) is 0 Å². The van der Waals surface area contributed by atoms with E-state index in [1.807, 2.05) is 12.1 Å². The normalized spacial score (nSPS) is 28.6. The number of carbonyl (C=O) groups excluding carboxylic acids is 1. The predicted molar refractivity (Wildman–Crippen MR) is 84.1 cm³/mol. The number of pyridine rings is 1. The highest BCUT2D eigenvalue weighted by Crippen LogP contribution is 2.34. The minimum atomic E-state index is 0.0281. The summed E-state index contributed by atoms with van der Waals surface area (Å²) in [5.74, 6) is 0.541. The lowest BCUT2D eigenvalue weighted by Gasteiger charge is -2.41. The van der Waals surface area contributed by atoms with Gasteiger partial charge in [-0.05, 0) is 31.9 Å². The second kappa shape index (κ2) is 6.75.